The number of Topliss-reactive ketones (excluding diaryl/α,β-unsaturated/α-hetero) is 3. The summed E-state index contributed by atoms with van der Waals surface area (Å²) < 4.78 is 49.0. The molecule has 10 aliphatic rings. The van der Waals surface area contributed by atoms with Crippen LogP contribution in [0.3, 0.4) is 0 Å². The van der Waals surface area contributed by atoms with Crippen molar-refractivity contribution in [3.8, 4) is 62.9 Å². The third kappa shape index (κ3) is 24.8. The highest BCUT2D eigenvalue weighted by Gasteiger charge is 2.52. The van der Waals surface area contributed by atoms with Crippen molar-refractivity contribution in [2.45, 2.75) is 256 Å². The molecule has 0 radical (unpaired) electrons. The van der Waals surface area contributed by atoms with Crippen molar-refractivity contribution in [2.75, 3.05) is 32.1 Å². The summed E-state index contributed by atoms with van der Waals surface area (Å²) in [5.74, 6) is -17.8. The van der Waals surface area contributed by atoms with Crippen LogP contribution in [0.1, 0.15) is 218 Å². The highest BCUT2D eigenvalue weighted by atomic mass is 35.5. The number of hydrogen-bond donors (Lipinski definition) is 14. The van der Waals surface area contributed by atoms with Gasteiger partial charge in [0, 0.05) is 68.6 Å². The Morgan fingerprint density at radius 2 is 1.20 bits per heavy atom. The number of esters is 1. The topological polar surface area (TPSA) is 519 Å². The van der Waals surface area contributed by atoms with E-state index in [-0.39, 0.29) is 107 Å². The molecule has 1 saturated heterocycles. The summed E-state index contributed by atoms with van der Waals surface area (Å²) in [5.41, 5.74) is -4.76. The molecular weight excluding hydrogens is 1820 g/mol. The standard InChI is InChI=1S/C99H120Cl2N8O28/c1-14-109(96(129)137-99(10,11)12)27-28-130-58-20-18-56(19-21-58)102-94(127)103-76(116)41-55-38-68(113)81(106-91(125)65(29-46(2)3)108(13)95(128)136-98(7,8)9)83(118)50-16-23-71(63(100)36-50)131-74-39-54-40-75(88(74)134-93-87(122)86(121)85(120)73(133-93)25-26-77(117)135-97(4,5)6)132-72-24-17-51(37-64(72)101)84(119)82-92(126)105-80(70(115)44-59-52-31-47-30-48(33-52)34-53(59)32-47)62-42-57(110)43-67(112)78(62)61-35-49(15-22-66(61)111)60(90(124)107-82)45-69(114)79(54)104-89(55)123/h15-24,35-37,39-40,42-43,46-48,52-53,55,59-60,65,73,79-87,93,110-112,118-122H,14,25-34,38,41,44-45H2,1-13H3,(H,104,123)(H,105,126)(H,106,125)(H,107,124)(H2,102,103,116,127)/t47?,48?,52?,53?,55-,59?,60+,65+,73+,79?,80-,81-,82-,83+,84+,85+,86-,87+,93-/m0/s1. The fourth-order valence-corrected chi connectivity index (χ4v) is 19.7. The van der Waals surface area contributed by atoms with Gasteiger partial charge in [-0.3, -0.25) is 53.4 Å². The molecule has 1 unspecified atom stereocenters. The van der Waals surface area contributed by atoms with Crippen LogP contribution >= 0.6 is 23.2 Å². The molecule has 14 atom stereocenters. The van der Waals surface area contributed by atoms with E-state index >= 15 is 33.6 Å². The van der Waals surface area contributed by atoms with Crippen molar-refractivity contribution in [3.63, 3.8) is 0 Å². The van der Waals surface area contributed by atoms with Gasteiger partial charge in [-0.25, -0.2) is 14.4 Å². The minimum absolute atomic E-state index is 0.0214. The number of likely N-dealkylation sites (N-methyl/N-ethyl adjacent to an activating group) is 2. The Hall–Kier alpha value is -11.9. The van der Waals surface area contributed by atoms with Gasteiger partial charge >= 0.3 is 24.2 Å². The van der Waals surface area contributed by atoms with Crippen LogP contribution in [0.2, 0.25) is 10.0 Å². The fourth-order valence-electron chi connectivity index (χ4n) is 19.2. The number of ether oxygens (including phenoxy) is 8. The monoisotopic (exact) mass is 1940 g/mol. The van der Waals surface area contributed by atoms with Crippen molar-refractivity contribution < 1.29 is 136 Å². The number of aromatic hydroxyl groups is 3. The van der Waals surface area contributed by atoms with E-state index in [2.05, 4.69) is 31.9 Å². The van der Waals surface area contributed by atoms with E-state index in [0.717, 1.165) is 79.5 Å². The van der Waals surface area contributed by atoms with Gasteiger partial charge in [0.2, 0.25) is 41.6 Å². The first-order valence-corrected chi connectivity index (χ1v) is 46.7. The molecule has 38 heteroatoms. The quantitative estimate of drug-likeness (QED) is 0.0235. The molecule has 36 nitrogen and oxygen atoms in total. The number of rotatable bonds is 21. The van der Waals surface area contributed by atoms with E-state index in [1.807, 2.05) is 0 Å². The van der Waals surface area contributed by atoms with Crippen molar-refractivity contribution >= 4 is 100.0 Å². The summed E-state index contributed by atoms with van der Waals surface area (Å²) >= 11 is 14.6. The van der Waals surface area contributed by atoms with E-state index < -0.39 is 249 Å². The molecule has 5 fully saturated rings. The summed E-state index contributed by atoms with van der Waals surface area (Å²) in [7, 11) is 1.27. The normalized spacial score (nSPS) is 25.6. The van der Waals surface area contributed by atoms with Crippen LogP contribution in [0, 0.1) is 41.4 Å². The van der Waals surface area contributed by atoms with Crippen molar-refractivity contribution in [2.24, 2.45) is 41.4 Å². The van der Waals surface area contributed by atoms with E-state index in [9.17, 15) is 64.8 Å². The van der Waals surface area contributed by atoms with Gasteiger partial charge in [-0.1, -0.05) is 55.2 Å². The summed E-state index contributed by atoms with van der Waals surface area (Å²) in [6.07, 6.45) is -15.8. The molecule has 137 heavy (non-hydrogen) atoms. The van der Waals surface area contributed by atoms with Crippen molar-refractivity contribution in [3.05, 3.63) is 141 Å². The number of carbonyl (C=O) groups excluding carboxylic acids is 12. The number of anilines is 1. The summed E-state index contributed by atoms with van der Waals surface area (Å²) in [6, 6.07) is 9.27. The molecule has 0 spiro atoms. The summed E-state index contributed by atoms with van der Waals surface area (Å²) in [6.45, 7) is 20.5. The second-order valence-electron chi connectivity index (χ2n) is 39.9. The lowest BCUT2D eigenvalue weighted by Gasteiger charge is -2.54. The van der Waals surface area contributed by atoms with Gasteiger partial charge in [-0.05, 0) is 256 Å². The number of aliphatic hydroxyl groups excluding tert-OH is 5. The Kier molecular flexibility index (Phi) is 31.6. The number of amides is 9. The number of imide groups is 1. The number of phenols is 3. The van der Waals surface area contributed by atoms with Gasteiger partial charge in [0.25, 0.3) is 0 Å². The maximum Gasteiger partial charge on any atom is 0.410 e. The number of urea groups is 1. The zero-order chi connectivity index (χ0) is 99.6. The Balaban J connectivity index is 0.969. The number of nitrogens with zero attached hydrogens (tertiary/aromatic N) is 2. The van der Waals surface area contributed by atoms with Crippen LogP contribution in [0.4, 0.5) is 20.1 Å². The van der Waals surface area contributed by atoms with Crippen molar-refractivity contribution in [1.29, 1.82) is 0 Å². The Morgan fingerprint density at radius 1 is 0.606 bits per heavy atom. The predicted molar refractivity (Wildman–Crippen MR) is 494 cm³/mol. The molecule has 14 N–H and O–H groups in total. The number of carbonyl (C=O) groups is 12. The molecule has 15 bridgehead atoms. The van der Waals surface area contributed by atoms with Gasteiger partial charge in [-0.15, -0.1) is 0 Å². The van der Waals surface area contributed by atoms with Crippen LogP contribution in [-0.2, 0) is 62.1 Å². The molecule has 16 rings (SSSR count). The van der Waals surface area contributed by atoms with Crippen LogP contribution < -0.4 is 50.8 Å². The van der Waals surface area contributed by atoms with Crippen LogP contribution in [0.25, 0.3) is 11.1 Å². The van der Waals surface area contributed by atoms with E-state index in [4.69, 9.17) is 61.1 Å². The zero-order valence-electron chi connectivity index (χ0n) is 78.4. The Bertz CT molecular complexity index is 5570. The minimum Gasteiger partial charge on any atom is -0.508 e. The summed E-state index contributed by atoms with van der Waals surface area (Å²) in [5, 5.41) is 112. The molecular formula is C99H120Cl2N8O28. The molecule has 6 aromatic carbocycles. The lowest BCUT2D eigenvalue weighted by atomic mass is 9.51. The first-order chi connectivity index (χ1) is 64.4. The number of fused-ring (bicyclic) bond motifs is 15. The number of aliphatic hydroxyl groups is 5. The first-order valence-electron chi connectivity index (χ1n) is 46.0. The number of phenolic OH excluding ortho intramolecular Hbond substituents is 3. The van der Waals surface area contributed by atoms with Gasteiger partial charge in [0.1, 0.15) is 119 Å². The molecule has 6 aromatic rings. The summed E-state index contributed by atoms with van der Waals surface area (Å²) in [4.78, 5) is 184. The van der Waals surface area contributed by atoms with Gasteiger partial charge in [-0.2, -0.15) is 0 Å². The van der Waals surface area contributed by atoms with Gasteiger partial charge in [0.15, 0.2) is 28.8 Å². The van der Waals surface area contributed by atoms with Gasteiger partial charge < -0.3 is 110 Å². The highest BCUT2D eigenvalue weighted by molar-refractivity contribution is 6.32. The van der Waals surface area contributed by atoms with Gasteiger partial charge in [0.05, 0.1) is 34.5 Å². The van der Waals surface area contributed by atoms with Crippen LogP contribution in [0.5, 0.6) is 51.7 Å². The Labute approximate surface area is 801 Å². The third-order valence-electron chi connectivity index (χ3n) is 25.6. The number of nitrogens with one attached hydrogen (secondary N) is 6. The average Bonchev–Trinajstić information content (AvgIpc) is 0.755. The van der Waals surface area contributed by atoms with E-state index in [1.54, 1.807) is 83.1 Å². The zero-order valence-corrected chi connectivity index (χ0v) is 79.9. The smallest absolute Gasteiger partial charge is 0.410 e. The minimum atomic E-state index is -2.33. The molecule has 9 amide bonds. The molecule has 6 aliphatic heterocycles. The maximum atomic E-state index is 16.9. The second-order valence-corrected chi connectivity index (χ2v) is 40.7. The number of halogens is 2. The average molecular weight is 1940 g/mol. The maximum absolute atomic E-state index is 16.9. The number of ketones is 3. The van der Waals surface area contributed by atoms with E-state index in [0.29, 0.717) is 24.1 Å². The lowest BCUT2D eigenvalue weighted by molar-refractivity contribution is -0.273. The first kappa shape index (κ1) is 103. The number of benzene rings is 6. The largest absolute Gasteiger partial charge is 0.508 e. The molecule has 6 heterocycles. The predicted octanol–water partition coefficient (Wildman–Crippen LogP) is 12.1. The Morgan fingerprint density at radius 3 is 1.80 bits per heavy atom. The molecule has 0 aromatic heterocycles. The van der Waals surface area contributed by atoms with Crippen molar-refractivity contribution in [1.82, 2.24) is 36.4 Å². The third-order valence-corrected chi connectivity index (χ3v) is 26.2. The highest BCUT2D eigenvalue weighted by Crippen LogP contribution is 2.59. The van der Waals surface area contributed by atoms with Crippen LogP contribution in [0.15, 0.2) is 103 Å². The number of hydrogen-bond acceptors (Lipinski definition) is 28. The molecule has 4 saturated carbocycles. The van der Waals surface area contributed by atoms with E-state index in [1.165, 1.54) is 72.6 Å². The SMILES string of the molecule is CCN(CCOc1ccc(NC(=O)NC(=O)C[C@@H]2CC(=O)[C@H](NC(=O)[C@@H](CC(C)C)N(C)C(=O)OC(C)(C)C)[C@H](O)c3ccc(c(Cl)c3)Oc3cc4cc(c3O[C@@H]3O[C@H](CCC(=O)OC(C)(C)C)[C@@H](O)[C@H](O)[C@H]3O)Oc3ccc(cc3Cl)[C@@H](O)[C@@H]3NC(=O)[C@H](CC(=O)C4NC2=O)c2ccc(O)c(c2)-c2c(O)cc(O)cc2[C@@H](C(=O)CC2C4CC5CC(C4)CC2C5)NC3=O)cc1)C(=O)OC(C)(C)C. The lowest BCUT2D eigenvalue weighted by Crippen LogP contribution is -2.59. The van der Waals surface area contributed by atoms with Crippen LogP contribution in [-0.4, -0.2) is 214 Å². The second kappa shape index (κ2) is 42.2. The fraction of sp³-hybridized carbons (Fsp3) is 0.515. The molecule has 738 valence electrons. The molecule has 4 aliphatic carbocycles.